The Morgan fingerprint density at radius 1 is 0.800 bits per heavy atom. The van der Waals surface area contributed by atoms with Gasteiger partial charge in [0.2, 0.25) is 0 Å². The summed E-state index contributed by atoms with van der Waals surface area (Å²) < 4.78 is 0. The lowest BCUT2D eigenvalue weighted by Gasteiger charge is -1.21. The fourth-order valence-corrected chi connectivity index (χ4v) is 0. The van der Waals surface area contributed by atoms with Crippen LogP contribution in [0.5, 0.6) is 0 Å². The molecule has 0 saturated carbocycles. The highest BCUT2D eigenvalue weighted by molar-refractivity contribution is 5.75. The van der Waals surface area contributed by atoms with Crippen molar-refractivity contribution in [3.8, 4) is 0 Å². The maximum atomic E-state index is 7.00. The second kappa shape index (κ2) is 135. The minimum atomic E-state index is 0. The molecule has 0 aliphatic heterocycles. The first-order valence-corrected chi connectivity index (χ1v) is 0.894. The van der Waals surface area contributed by atoms with E-state index in [1.54, 1.807) is 0 Å². The molecule has 0 aliphatic rings. The summed E-state index contributed by atoms with van der Waals surface area (Å²) in [6.45, 7) is 0. The van der Waals surface area contributed by atoms with Gasteiger partial charge in [-0.1, -0.05) is 0 Å². The predicted molar refractivity (Wildman–Crippen MR) is 24.8 cm³/mol. The first-order chi connectivity index (χ1) is 2.00. The summed E-state index contributed by atoms with van der Waals surface area (Å²) in [7, 11) is 2.00. The molecule has 0 atom stereocenters. The molecular weight excluding hydrogens is 80.3 g/mol. The number of aliphatic hydroxyl groups excluding tert-OH is 2. The topological polar surface area (TPSA) is 40.5 Å². The molecule has 32 valence electrons. The zero-order valence-corrected chi connectivity index (χ0v) is 2.89. The Bertz CT molecular complexity index is 7.61. The Morgan fingerprint density at radius 2 is 0.800 bits per heavy atom. The van der Waals surface area contributed by atoms with Gasteiger partial charge in [-0.15, -0.1) is 0 Å². The molecule has 5 heavy (non-hydrogen) atoms. The third-order valence-corrected chi connectivity index (χ3v) is 0. The van der Waals surface area contributed by atoms with Gasteiger partial charge >= 0.3 is 23.1 Å². The van der Waals surface area contributed by atoms with Crippen molar-refractivity contribution in [2.45, 2.75) is 0 Å². The molecule has 0 bridgehead atoms. The van der Waals surface area contributed by atoms with Gasteiger partial charge in [0.15, 0.2) is 0 Å². The molecule has 0 fully saturated rings. The fraction of sp³-hybridized carbons (Fsp3) is 1.00. The van der Waals surface area contributed by atoms with Crippen LogP contribution in [0, 0.1) is 0 Å². The zero-order chi connectivity index (χ0) is 4.00. The summed E-state index contributed by atoms with van der Waals surface area (Å²) in [6, 6.07) is 0. The van der Waals surface area contributed by atoms with Gasteiger partial charge in [0.05, 0.1) is 0 Å². The monoisotopic (exact) mass is 90.1 g/mol. The van der Waals surface area contributed by atoms with Gasteiger partial charge in [0.25, 0.3) is 0 Å². The molecule has 0 saturated heterocycles. The second-order valence-electron chi connectivity index (χ2n) is 0. The Labute approximate surface area is 48.0 Å². The first kappa shape index (κ1) is 17.3. The van der Waals surface area contributed by atoms with Crippen molar-refractivity contribution in [2.24, 2.45) is 0 Å². The third-order valence-electron chi connectivity index (χ3n) is 0. The molecule has 0 radical (unpaired) electrons. The number of hydrogen-bond acceptors (Lipinski definition) is 2. The standard InChI is InChI=1S/2CH4O.Mg.2H/c2*1-2;;;/h2*2H,1H3;;;. The van der Waals surface area contributed by atoms with Crippen LogP contribution in [0.3, 0.4) is 0 Å². The molecular formula is C2H10MgO2. The molecule has 0 aromatic carbocycles. The SMILES string of the molecule is CO.CO.[MgH2]. The minimum absolute atomic E-state index is 0. The summed E-state index contributed by atoms with van der Waals surface area (Å²) in [4.78, 5) is 0. The summed E-state index contributed by atoms with van der Waals surface area (Å²) in [5.74, 6) is 0. The van der Waals surface area contributed by atoms with Crippen LogP contribution in [0.1, 0.15) is 0 Å². The van der Waals surface area contributed by atoms with Gasteiger partial charge in [-0.2, -0.15) is 0 Å². The van der Waals surface area contributed by atoms with Gasteiger partial charge in [-0.3, -0.25) is 0 Å². The van der Waals surface area contributed by atoms with E-state index in [0.29, 0.717) is 0 Å². The van der Waals surface area contributed by atoms with E-state index in [-0.39, 0.29) is 23.1 Å². The van der Waals surface area contributed by atoms with Crippen molar-refractivity contribution < 1.29 is 10.2 Å². The van der Waals surface area contributed by atoms with E-state index in [1.807, 2.05) is 0 Å². The molecule has 0 aliphatic carbocycles. The summed E-state index contributed by atoms with van der Waals surface area (Å²) >= 11 is 0. The molecule has 0 rings (SSSR count). The van der Waals surface area contributed by atoms with Gasteiger partial charge in [-0.25, -0.2) is 0 Å². The Balaban J connectivity index is -0.0000000133. The van der Waals surface area contributed by atoms with Crippen LogP contribution in [0.25, 0.3) is 0 Å². The predicted octanol–water partition coefficient (Wildman–Crippen LogP) is -1.70. The minimum Gasteiger partial charge on any atom is -0.400 e. The molecule has 2 N–H and O–H groups in total. The van der Waals surface area contributed by atoms with Crippen LogP contribution in [0.15, 0.2) is 0 Å². The van der Waals surface area contributed by atoms with E-state index in [9.17, 15) is 0 Å². The van der Waals surface area contributed by atoms with Crippen molar-refractivity contribution >= 4 is 23.1 Å². The van der Waals surface area contributed by atoms with Crippen molar-refractivity contribution in [2.75, 3.05) is 14.2 Å². The second-order valence-corrected chi connectivity index (χ2v) is 0. The molecule has 0 amide bonds. The number of hydrogen-bond donors (Lipinski definition) is 2. The molecule has 0 aromatic rings. The van der Waals surface area contributed by atoms with Crippen LogP contribution < -0.4 is 0 Å². The van der Waals surface area contributed by atoms with Gasteiger partial charge in [0, 0.05) is 14.2 Å². The lowest BCUT2D eigenvalue weighted by molar-refractivity contribution is 0.399. The fourth-order valence-electron chi connectivity index (χ4n) is 0. The number of aliphatic hydroxyl groups is 2. The largest absolute Gasteiger partial charge is 0.400 e. The van der Waals surface area contributed by atoms with Gasteiger partial charge in [0.1, 0.15) is 0 Å². The van der Waals surface area contributed by atoms with Crippen molar-refractivity contribution in [1.82, 2.24) is 0 Å². The Hall–Kier alpha value is 0.686. The van der Waals surface area contributed by atoms with Crippen molar-refractivity contribution in [3.05, 3.63) is 0 Å². The molecule has 0 unspecified atom stereocenters. The van der Waals surface area contributed by atoms with Gasteiger partial charge < -0.3 is 10.2 Å². The van der Waals surface area contributed by atoms with E-state index in [1.165, 1.54) is 0 Å². The van der Waals surface area contributed by atoms with Crippen LogP contribution in [-0.4, -0.2) is 47.5 Å². The summed E-state index contributed by atoms with van der Waals surface area (Å²) in [5, 5.41) is 14.0. The van der Waals surface area contributed by atoms with Crippen LogP contribution in [0.2, 0.25) is 0 Å². The van der Waals surface area contributed by atoms with Crippen molar-refractivity contribution in [3.63, 3.8) is 0 Å². The van der Waals surface area contributed by atoms with Crippen molar-refractivity contribution in [1.29, 1.82) is 0 Å². The molecule has 0 spiro atoms. The lowest BCUT2D eigenvalue weighted by atomic mass is 11.8. The summed E-state index contributed by atoms with van der Waals surface area (Å²) in [5.41, 5.74) is 0. The van der Waals surface area contributed by atoms with Gasteiger partial charge in [-0.05, 0) is 0 Å². The highest BCUT2D eigenvalue weighted by Gasteiger charge is 0.841. The molecule has 3 heteroatoms. The van der Waals surface area contributed by atoms with E-state index in [4.69, 9.17) is 10.2 Å². The lowest BCUT2D eigenvalue weighted by Crippen LogP contribution is -1.25. The smallest absolute Gasteiger partial charge is 0.316 e. The zero-order valence-electron chi connectivity index (χ0n) is 2.89. The van der Waals surface area contributed by atoms with E-state index in [0.717, 1.165) is 14.2 Å². The maximum absolute atomic E-state index is 7.00. The quantitative estimate of drug-likeness (QED) is 0.348. The van der Waals surface area contributed by atoms with E-state index < -0.39 is 0 Å². The van der Waals surface area contributed by atoms with Crippen LogP contribution in [0.4, 0.5) is 0 Å². The average Bonchev–Trinajstić information content (AvgIpc) is 1.50. The highest BCUT2D eigenvalue weighted by Crippen LogP contribution is 0.757. The van der Waals surface area contributed by atoms with Crippen LogP contribution in [-0.2, 0) is 0 Å². The van der Waals surface area contributed by atoms with E-state index in [2.05, 4.69) is 0 Å². The van der Waals surface area contributed by atoms with Crippen LogP contribution >= 0.6 is 0 Å². The normalized spacial score (nSPS) is 2.40. The molecule has 2 nitrogen and oxygen atoms in total. The maximum Gasteiger partial charge on any atom is 0.316 e. The Kier molecular flexibility index (Phi) is 468. The molecule has 0 aromatic heterocycles. The highest BCUT2D eigenvalue weighted by atomic mass is 24.3. The van der Waals surface area contributed by atoms with E-state index >= 15 is 0 Å². The third kappa shape index (κ3) is 71.8. The number of rotatable bonds is 0. The molecule has 0 heterocycles. The average molecular weight is 90.4 g/mol. The Morgan fingerprint density at radius 3 is 0.800 bits per heavy atom. The first-order valence-electron chi connectivity index (χ1n) is 0.894. The summed E-state index contributed by atoms with van der Waals surface area (Å²) in [6.07, 6.45) is 0.